The largest absolute Gasteiger partial charge is 0.420 e. The number of aryl methyl sites for hydroxylation is 1. The molecule has 23 heavy (non-hydrogen) atoms. The highest BCUT2D eigenvalue weighted by atomic mass is 16.4. The van der Waals surface area contributed by atoms with Crippen LogP contribution >= 0.6 is 0 Å². The van der Waals surface area contributed by atoms with E-state index < -0.39 is 0 Å². The molecule has 0 saturated carbocycles. The average molecular weight is 299 g/mol. The Bertz CT molecular complexity index is 1290. The zero-order valence-corrected chi connectivity index (χ0v) is 12.5. The van der Waals surface area contributed by atoms with Crippen LogP contribution in [-0.4, -0.2) is 4.98 Å². The fourth-order valence-electron chi connectivity index (χ4n) is 3.61. The molecule has 0 aliphatic carbocycles. The predicted octanol–water partition coefficient (Wildman–Crippen LogP) is 4.89. The molecule has 0 radical (unpaired) electrons. The maximum atomic E-state index is 12.4. The van der Waals surface area contributed by atoms with E-state index >= 15 is 0 Å². The second-order valence-corrected chi connectivity index (χ2v) is 5.91. The molecule has 2 heterocycles. The average Bonchev–Trinajstić information content (AvgIpc) is 2.98. The number of benzene rings is 3. The topological polar surface area (TPSA) is 46.0 Å². The normalized spacial score (nSPS) is 11.9. The van der Waals surface area contributed by atoms with Crippen LogP contribution in [0.5, 0.6) is 0 Å². The molecular weight excluding hydrogens is 286 g/mol. The maximum Gasteiger partial charge on any atom is 0.360 e. The molecule has 0 fully saturated rings. The minimum absolute atomic E-state index is 0.318. The molecule has 5 rings (SSSR count). The van der Waals surface area contributed by atoms with Crippen LogP contribution in [0.1, 0.15) is 5.56 Å². The number of hydrogen-bond acceptors (Lipinski definition) is 2. The molecule has 0 aliphatic heterocycles. The third-order valence-electron chi connectivity index (χ3n) is 4.61. The van der Waals surface area contributed by atoms with Gasteiger partial charge in [0, 0.05) is 22.4 Å². The van der Waals surface area contributed by atoms with Crippen LogP contribution in [-0.2, 0) is 0 Å². The van der Waals surface area contributed by atoms with E-state index in [1.54, 1.807) is 0 Å². The summed E-state index contributed by atoms with van der Waals surface area (Å²) in [7, 11) is 0. The first-order valence-electron chi connectivity index (χ1n) is 7.59. The molecule has 2 aromatic heterocycles. The summed E-state index contributed by atoms with van der Waals surface area (Å²) in [4.78, 5) is 15.4. The second-order valence-electron chi connectivity index (χ2n) is 5.91. The smallest absolute Gasteiger partial charge is 0.360 e. The monoisotopic (exact) mass is 299 g/mol. The summed E-state index contributed by atoms with van der Waals surface area (Å²) in [5, 5.41) is 6.32. The van der Waals surface area contributed by atoms with E-state index in [0.29, 0.717) is 11.1 Å². The summed E-state index contributed by atoms with van der Waals surface area (Å²) in [5.74, 6) is 0. The van der Waals surface area contributed by atoms with Crippen molar-refractivity contribution in [1.29, 1.82) is 0 Å². The number of nitrogens with one attached hydrogen (secondary N) is 1. The first-order chi connectivity index (χ1) is 11.3. The summed E-state index contributed by atoms with van der Waals surface area (Å²) in [6.45, 7) is 2.02. The standard InChI is InChI=1S/C20H13NO2/c1-11-10-21-18-16(11)17-14-8-4-2-6-12(14)13-7-3-5-9-15(13)19(17)23-20(18)22/h2-10,21H,1H3. The van der Waals surface area contributed by atoms with Crippen molar-refractivity contribution in [3.63, 3.8) is 0 Å². The minimum Gasteiger partial charge on any atom is -0.420 e. The third kappa shape index (κ3) is 1.51. The van der Waals surface area contributed by atoms with Crippen molar-refractivity contribution >= 4 is 43.4 Å². The molecule has 3 heteroatoms. The highest BCUT2D eigenvalue weighted by Crippen LogP contribution is 2.38. The van der Waals surface area contributed by atoms with Gasteiger partial charge in [0.05, 0.1) is 0 Å². The first kappa shape index (κ1) is 12.5. The summed E-state index contributed by atoms with van der Waals surface area (Å²) in [6, 6.07) is 16.4. The van der Waals surface area contributed by atoms with Crippen molar-refractivity contribution in [3.05, 3.63) is 70.7 Å². The van der Waals surface area contributed by atoms with Gasteiger partial charge in [-0.25, -0.2) is 4.79 Å². The van der Waals surface area contributed by atoms with Gasteiger partial charge in [-0.1, -0.05) is 48.5 Å². The third-order valence-corrected chi connectivity index (χ3v) is 4.61. The van der Waals surface area contributed by atoms with Crippen molar-refractivity contribution < 1.29 is 4.42 Å². The van der Waals surface area contributed by atoms with Gasteiger partial charge in [-0.15, -0.1) is 0 Å². The van der Waals surface area contributed by atoms with E-state index in [1.807, 2.05) is 43.5 Å². The van der Waals surface area contributed by atoms with Crippen molar-refractivity contribution in [2.75, 3.05) is 0 Å². The highest BCUT2D eigenvalue weighted by Gasteiger charge is 2.17. The van der Waals surface area contributed by atoms with Gasteiger partial charge in [0.15, 0.2) is 0 Å². The van der Waals surface area contributed by atoms with Gasteiger partial charge in [0.2, 0.25) is 0 Å². The van der Waals surface area contributed by atoms with Gasteiger partial charge >= 0.3 is 5.63 Å². The zero-order valence-electron chi connectivity index (χ0n) is 12.5. The molecule has 3 aromatic carbocycles. The molecule has 0 bridgehead atoms. The lowest BCUT2D eigenvalue weighted by Gasteiger charge is -2.10. The number of rotatable bonds is 0. The van der Waals surface area contributed by atoms with Gasteiger partial charge in [-0.2, -0.15) is 0 Å². The Labute approximate surface area is 131 Å². The predicted molar refractivity (Wildman–Crippen MR) is 94.1 cm³/mol. The molecular formula is C20H13NO2. The second kappa shape index (κ2) is 4.23. The summed E-state index contributed by atoms with van der Waals surface area (Å²) >= 11 is 0. The summed E-state index contributed by atoms with van der Waals surface area (Å²) < 4.78 is 5.72. The molecule has 0 saturated heterocycles. The van der Waals surface area contributed by atoms with Crippen molar-refractivity contribution in [1.82, 2.24) is 4.98 Å². The number of fused-ring (bicyclic) bond motifs is 8. The lowest BCUT2D eigenvalue weighted by Crippen LogP contribution is -2.00. The first-order valence-corrected chi connectivity index (χ1v) is 7.59. The van der Waals surface area contributed by atoms with Crippen LogP contribution in [0.4, 0.5) is 0 Å². The summed E-state index contributed by atoms with van der Waals surface area (Å²) in [5.41, 5.74) is 1.94. The Morgan fingerprint density at radius 3 is 2.17 bits per heavy atom. The van der Waals surface area contributed by atoms with Crippen LogP contribution in [0.25, 0.3) is 43.4 Å². The molecule has 0 spiro atoms. The highest BCUT2D eigenvalue weighted by molar-refractivity contribution is 6.29. The number of aromatic amines is 1. The van der Waals surface area contributed by atoms with E-state index in [9.17, 15) is 4.79 Å². The molecule has 0 amide bonds. The fraction of sp³-hybridized carbons (Fsp3) is 0.0500. The van der Waals surface area contributed by atoms with E-state index in [2.05, 4.69) is 23.2 Å². The maximum absolute atomic E-state index is 12.4. The van der Waals surface area contributed by atoms with Crippen LogP contribution < -0.4 is 5.63 Å². The quantitative estimate of drug-likeness (QED) is 0.327. The Kier molecular flexibility index (Phi) is 2.29. The molecule has 3 nitrogen and oxygen atoms in total. The Hall–Kier alpha value is -3.07. The molecule has 0 unspecified atom stereocenters. The van der Waals surface area contributed by atoms with E-state index in [1.165, 1.54) is 5.39 Å². The molecule has 0 atom stereocenters. The van der Waals surface area contributed by atoms with Gasteiger partial charge < -0.3 is 9.40 Å². The number of H-pyrrole nitrogens is 1. The lowest BCUT2D eigenvalue weighted by atomic mass is 9.95. The molecule has 110 valence electrons. The van der Waals surface area contributed by atoms with Crippen LogP contribution in [0.3, 0.4) is 0 Å². The van der Waals surface area contributed by atoms with E-state index in [4.69, 9.17) is 4.42 Å². The molecule has 0 aliphatic rings. The van der Waals surface area contributed by atoms with E-state index in [-0.39, 0.29) is 5.63 Å². The van der Waals surface area contributed by atoms with Crippen LogP contribution in [0.15, 0.2) is 63.9 Å². The van der Waals surface area contributed by atoms with Crippen molar-refractivity contribution in [2.45, 2.75) is 6.92 Å². The minimum atomic E-state index is -0.318. The van der Waals surface area contributed by atoms with Crippen LogP contribution in [0, 0.1) is 6.92 Å². The van der Waals surface area contributed by atoms with Crippen LogP contribution in [0.2, 0.25) is 0 Å². The number of hydrogen-bond donors (Lipinski definition) is 1. The summed E-state index contributed by atoms with van der Waals surface area (Å²) in [6.07, 6.45) is 1.87. The Balaban J connectivity index is 2.30. The Morgan fingerprint density at radius 1 is 0.826 bits per heavy atom. The van der Waals surface area contributed by atoms with Gasteiger partial charge in [0.1, 0.15) is 11.1 Å². The Morgan fingerprint density at radius 2 is 1.43 bits per heavy atom. The number of aromatic nitrogens is 1. The van der Waals surface area contributed by atoms with Gasteiger partial charge in [-0.05, 0) is 28.6 Å². The fourth-order valence-corrected chi connectivity index (χ4v) is 3.61. The van der Waals surface area contributed by atoms with E-state index in [0.717, 1.165) is 32.5 Å². The molecule has 1 N–H and O–H groups in total. The van der Waals surface area contributed by atoms with Crippen molar-refractivity contribution in [2.24, 2.45) is 0 Å². The lowest BCUT2D eigenvalue weighted by molar-refractivity contribution is 0.571. The van der Waals surface area contributed by atoms with Gasteiger partial charge in [-0.3, -0.25) is 0 Å². The molecule has 5 aromatic rings. The van der Waals surface area contributed by atoms with Crippen molar-refractivity contribution in [3.8, 4) is 0 Å². The van der Waals surface area contributed by atoms with Gasteiger partial charge in [0.25, 0.3) is 0 Å². The SMILES string of the molecule is Cc1c[nH]c2c(=O)oc3c4ccccc4c4ccccc4c3c12. The zero-order chi connectivity index (χ0) is 15.6.